The monoisotopic (exact) mass is 926 g/mol. The van der Waals surface area contributed by atoms with Crippen molar-refractivity contribution in [2.24, 2.45) is 0 Å². The number of fused-ring (bicyclic) bond motifs is 6. The number of benzene rings is 10. The van der Waals surface area contributed by atoms with Crippen molar-refractivity contribution in [2.75, 3.05) is 9.80 Å². The molecule has 2 heteroatoms. The van der Waals surface area contributed by atoms with Gasteiger partial charge in [0.15, 0.2) is 0 Å². The van der Waals surface area contributed by atoms with Gasteiger partial charge in [-0.3, -0.25) is 0 Å². The number of rotatable bonds is 10. The van der Waals surface area contributed by atoms with Gasteiger partial charge < -0.3 is 9.80 Å². The second-order valence-corrected chi connectivity index (χ2v) is 20.6. The predicted molar refractivity (Wildman–Crippen MR) is 302 cm³/mol. The van der Waals surface area contributed by atoms with Crippen LogP contribution in [0.3, 0.4) is 0 Å². The van der Waals surface area contributed by atoms with Gasteiger partial charge in [-0.05, 0) is 152 Å². The van der Waals surface area contributed by atoms with E-state index in [-0.39, 0.29) is 5.41 Å². The lowest BCUT2D eigenvalue weighted by molar-refractivity contribution is 0.444. The van der Waals surface area contributed by atoms with Gasteiger partial charge in [0.2, 0.25) is 0 Å². The summed E-state index contributed by atoms with van der Waals surface area (Å²) >= 11 is 0. The smallest absolute Gasteiger partial charge is 0.0715 e. The van der Waals surface area contributed by atoms with Crippen molar-refractivity contribution in [3.63, 3.8) is 0 Å². The first-order valence-electron chi connectivity index (χ1n) is 26.0. The molecule has 0 N–H and O–H groups in total. The Morgan fingerprint density at radius 3 is 1.46 bits per heavy atom. The minimum absolute atomic E-state index is 0.103. The van der Waals surface area contributed by atoms with Crippen LogP contribution in [0.15, 0.2) is 249 Å². The van der Waals surface area contributed by atoms with Crippen LogP contribution in [0.25, 0.3) is 33.4 Å². The topological polar surface area (TPSA) is 6.48 Å². The number of para-hydroxylation sites is 3. The molecule has 1 unspecified atom stereocenters. The van der Waals surface area contributed by atoms with E-state index < -0.39 is 5.41 Å². The van der Waals surface area contributed by atoms with E-state index in [1.165, 1.54) is 110 Å². The first-order chi connectivity index (χ1) is 35.5. The molecule has 10 aromatic rings. The van der Waals surface area contributed by atoms with Gasteiger partial charge in [-0.25, -0.2) is 0 Å². The van der Waals surface area contributed by atoms with E-state index in [1.807, 2.05) is 0 Å². The summed E-state index contributed by atoms with van der Waals surface area (Å²) in [5.41, 5.74) is 22.9. The third-order valence-electron chi connectivity index (χ3n) is 16.3. The normalized spacial score (nSPS) is 16.3. The van der Waals surface area contributed by atoms with Crippen LogP contribution in [0.1, 0.15) is 90.8 Å². The van der Waals surface area contributed by atoms with Gasteiger partial charge in [-0.2, -0.15) is 0 Å². The Morgan fingerprint density at radius 2 is 0.833 bits per heavy atom. The maximum atomic E-state index is 2.59. The molecule has 1 atom stereocenters. The van der Waals surface area contributed by atoms with Crippen molar-refractivity contribution in [1.29, 1.82) is 0 Å². The van der Waals surface area contributed by atoms with Gasteiger partial charge in [0, 0.05) is 39.4 Å². The second-order valence-electron chi connectivity index (χ2n) is 20.6. The van der Waals surface area contributed by atoms with E-state index in [1.54, 1.807) is 0 Å². The quantitative estimate of drug-likeness (QED) is 0.135. The van der Waals surface area contributed by atoms with E-state index in [0.717, 1.165) is 28.4 Å². The molecule has 13 rings (SSSR count). The van der Waals surface area contributed by atoms with Crippen molar-refractivity contribution in [3.05, 3.63) is 288 Å². The van der Waals surface area contributed by atoms with E-state index in [9.17, 15) is 0 Å². The molecule has 0 spiro atoms. The molecule has 0 bridgehead atoms. The molecule has 0 heterocycles. The van der Waals surface area contributed by atoms with Crippen LogP contribution in [-0.4, -0.2) is 0 Å². The number of anilines is 6. The molecule has 2 nitrogen and oxygen atoms in total. The number of hydrogen-bond acceptors (Lipinski definition) is 2. The molecule has 72 heavy (non-hydrogen) atoms. The second kappa shape index (κ2) is 17.9. The lowest BCUT2D eigenvalue weighted by atomic mass is 9.67. The van der Waals surface area contributed by atoms with E-state index in [4.69, 9.17) is 0 Å². The largest absolute Gasteiger partial charge is 0.310 e. The van der Waals surface area contributed by atoms with Gasteiger partial charge in [0.05, 0.1) is 11.1 Å². The molecule has 0 aliphatic heterocycles. The molecule has 0 amide bonds. The SMILES string of the molecule is CC1(C)c2ccccc2-c2cc(N(c3ccccc3)c3cc4c(cc3-c3ccccc3)-c3ccccc3C4(c3ccccc3)c3ccc(C4CCCCC4)c(N(c4ccccc4)c4ccccc4)c3)ccc21. The third-order valence-corrected chi connectivity index (χ3v) is 16.3. The Morgan fingerprint density at radius 1 is 0.333 bits per heavy atom. The molecule has 0 saturated heterocycles. The van der Waals surface area contributed by atoms with Crippen LogP contribution in [0.4, 0.5) is 34.1 Å². The fraction of sp³-hybridized carbons (Fsp3) is 0.143. The molecule has 0 radical (unpaired) electrons. The highest BCUT2D eigenvalue weighted by Crippen LogP contribution is 2.60. The summed E-state index contributed by atoms with van der Waals surface area (Å²) in [6, 6.07) is 93.6. The average molecular weight is 927 g/mol. The lowest BCUT2D eigenvalue weighted by Gasteiger charge is -2.38. The van der Waals surface area contributed by atoms with Crippen LogP contribution < -0.4 is 9.80 Å². The Labute approximate surface area is 425 Å². The molecule has 348 valence electrons. The van der Waals surface area contributed by atoms with Crippen molar-refractivity contribution in [3.8, 4) is 33.4 Å². The van der Waals surface area contributed by atoms with Gasteiger partial charge in [-0.15, -0.1) is 0 Å². The Kier molecular flexibility index (Phi) is 10.9. The predicted octanol–water partition coefficient (Wildman–Crippen LogP) is 19.0. The molecular weight excluding hydrogens is 869 g/mol. The fourth-order valence-corrected chi connectivity index (χ4v) is 13.0. The van der Waals surface area contributed by atoms with Crippen molar-refractivity contribution < 1.29 is 0 Å². The first kappa shape index (κ1) is 43.8. The molecule has 10 aromatic carbocycles. The van der Waals surface area contributed by atoms with Crippen LogP contribution in [0.5, 0.6) is 0 Å². The summed E-state index contributed by atoms with van der Waals surface area (Å²) < 4.78 is 0. The molecule has 1 fully saturated rings. The third kappa shape index (κ3) is 7.07. The first-order valence-corrected chi connectivity index (χ1v) is 26.0. The summed E-state index contributed by atoms with van der Waals surface area (Å²) in [6.07, 6.45) is 6.23. The zero-order valence-corrected chi connectivity index (χ0v) is 41.2. The van der Waals surface area contributed by atoms with Gasteiger partial charge >= 0.3 is 0 Å². The maximum absolute atomic E-state index is 2.59. The lowest BCUT2D eigenvalue weighted by Crippen LogP contribution is -2.29. The van der Waals surface area contributed by atoms with E-state index >= 15 is 0 Å². The fourth-order valence-electron chi connectivity index (χ4n) is 13.0. The molecular formula is C70H58N2. The minimum atomic E-state index is -0.681. The van der Waals surface area contributed by atoms with Crippen molar-refractivity contribution in [1.82, 2.24) is 0 Å². The summed E-state index contributed by atoms with van der Waals surface area (Å²) in [5, 5.41) is 0. The summed E-state index contributed by atoms with van der Waals surface area (Å²) in [7, 11) is 0. The van der Waals surface area contributed by atoms with E-state index in [0.29, 0.717) is 5.92 Å². The van der Waals surface area contributed by atoms with Crippen molar-refractivity contribution in [2.45, 2.75) is 62.7 Å². The minimum Gasteiger partial charge on any atom is -0.310 e. The highest BCUT2D eigenvalue weighted by molar-refractivity contribution is 5.98. The highest BCUT2D eigenvalue weighted by Gasteiger charge is 2.48. The van der Waals surface area contributed by atoms with E-state index in [2.05, 4.69) is 272 Å². The van der Waals surface area contributed by atoms with Gasteiger partial charge in [0.25, 0.3) is 0 Å². The number of nitrogens with zero attached hydrogens (tertiary/aromatic N) is 2. The molecule has 0 aromatic heterocycles. The van der Waals surface area contributed by atoms with Crippen LogP contribution in [0, 0.1) is 0 Å². The maximum Gasteiger partial charge on any atom is 0.0715 e. The van der Waals surface area contributed by atoms with Crippen LogP contribution in [-0.2, 0) is 10.8 Å². The van der Waals surface area contributed by atoms with Gasteiger partial charge in [0.1, 0.15) is 0 Å². The molecule has 3 aliphatic carbocycles. The average Bonchev–Trinajstić information content (AvgIpc) is 3.87. The van der Waals surface area contributed by atoms with Crippen LogP contribution in [0.2, 0.25) is 0 Å². The molecule has 1 saturated carbocycles. The zero-order chi connectivity index (χ0) is 48.2. The molecule has 3 aliphatic rings. The number of hydrogen-bond donors (Lipinski definition) is 0. The standard InChI is InChI=1S/C70H58N2/c1-69(2)63-39-23-21-37-58(63)61-46-56(42-44-64(61)69)72(55-35-19-8-20-36-55)68-48-66-62(47-60(68)50-27-11-4-12-28-50)59-38-22-24-40-65(59)70(66,51-29-13-5-14-30-51)52-41-43-57(49-25-9-3-10-26-49)67(45-52)71(53-31-15-6-16-32-53)54-33-17-7-18-34-54/h4-8,11-24,27-49H,3,9-10,25-26H2,1-2H3. The zero-order valence-electron chi connectivity index (χ0n) is 41.2. The van der Waals surface area contributed by atoms with Crippen molar-refractivity contribution >= 4 is 34.1 Å². The summed E-state index contributed by atoms with van der Waals surface area (Å²) in [5.74, 6) is 0.470. The van der Waals surface area contributed by atoms with Crippen LogP contribution >= 0.6 is 0 Å². The Balaban J connectivity index is 1.12. The summed E-state index contributed by atoms with van der Waals surface area (Å²) in [4.78, 5) is 5.06. The van der Waals surface area contributed by atoms with Gasteiger partial charge in [-0.1, -0.05) is 215 Å². The highest BCUT2D eigenvalue weighted by atomic mass is 15.2. The Hall–Kier alpha value is -8.20. The Bertz CT molecular complexity index is 3540. The summed E-state index contributed by atoms with van der Waals surface area (Å²) in [6.45, 7) is 4.74.